The van der Waals surface area contributed by atoms with Crippen molar-refractivity contribution < 1.29 is 9.59 Å². The fourth-order valence-electron chi connectivity index (χ4n) is 4.33. The molecule has 1 aromatic carbocycles. The first-order chi connectivity index (χ1) is 14.6. The molecule has 2 aliphatic rings. The van der Waals surface area contributed by atoms with Gasteiger partial charge < -0.3 is 15.1 Å². The van der Waals surface area contributed by atoms with E-state index in [0.717, 1.165) is 39.3 Å². The topological polar surface area (TPSA) is 59.1 Å². The molecule has 7 nitrogen and oxygen atoms in total. The zero-order valence-corrected chi connectivity index (χ0v) is 19.9. The van der Waals surface area contributed by atoms with Crippen LogP contribution in [-0.4, -0.2) is 97.5 Å². The van der Waals surface area contributed by atoms with E-state index in [-0.39, 0.29) is 17.4 Å². The lowest BCUT2D eigenvalue weighted by molar-refractivity contribution is -0.134. The standard InChI is InChI=1S/C24H39N5O2/c1-19-7-6-8-21(20(19)2)28-13-9-27(10-14-28)18-23(31)29-15-11-26(12-16-29)17-22(30)25-24(3,4)5/h6-8H,9-18H2,1-5H3,(H,25,30). The Morgan fingerprint density at radius 2 is 1.45 bits per heavy atom. The largest absolute Gasteiger partial charge is 0.369 e. The van der Waals surface area contributed by atoms with E-state index >= 15 is 0 Å². The van der Waals surface area contributed by atoms with Gasteiger partial charge in [-0.2, -0.15) is 0 Å². The molecule has 0 aromatic heterocycles. The number of carbonyl (C=O) groups is 2. The van der Waals surface area contributed by atoms with Crippen LogP contribution in [0.2, 0.25) is 0 Å². The summed E-state index contributed by atoms with van der Waals surface area (Å²) in [5.74, 6) is 0.257. The molecule has 172 valence electrons. The zero-order chi connectivity index (χ0) is 22.6. The third-order valence-electron chi connectivity index (χ3n) is 6.25. The van der Waals surface area contributed by atoms with Gasteiger partial charge in [-0.15, -0.1) is 0 Å². The highest BCUT2D eigenvalue weighted by Gasteiger charge is 2.26. The predicted octanol–water partition coefficient (Wildman–Crippen LogP) is 1.48. The Morgan fingerprint density at radius 1 is 0.871 bits per heavy atom. The van der Waals surface area contributed by atoms with Gasteiger partial charge in [0.15, 0.2) is 0 Å². The maximum atomic E-state index is 12.8. The van der Waals surface area contributed by atoms with Crippen LogP contribution in [0.15, 0.2) is 18.2 Å². The molecule has 7 heteroatoms. The van der Waals surface area contributed by atoms with Crippen molar-refractivity contribution in [3.8, 4) is 0 Å². The second-order valence-electron chi connectivity index (χ2n) is 9.94. The first-order valence-corrected chi connectivity index (χ1v) is 11.5. The molecule has 3 rings (SSSR count). The van der Waals surface area contributed by atoms with E-state index in [9.17, 15) is 9.59 Å². The number of hydrogen-bond donors (Lipinski definition) is 1. The summed E-state index contributed by atoms with van der Waals surface area (Å²) < 4.78 is 0. The maximum Gasteiger partial charge on any atom is 0.236 e. The van der Waals surface area contributed by atoms with Crippen molar-refractivity contribution in [2.75, 3.05) is 70.3 Å². The summed E-state index contributed by atoms with van der Waals surface area (Å²) in [5.41, 5.74) is 3.78. The molecule has 2 aliphatic heterocycles. The van der Waals surface area contributed by atoms with E-state index in [2.05, 4.69) is 52.1 Å². The smallest absolute Gasteiger partial charge is 0.236 e. The quantitative estimate of drug-likeness (QED) is 0.769. The summed E-state index contributed by atoms with van der Waals surface area (Å²) in [6.07, 6.45) is 0. The number of benzene rings is 1. The lowest BCUT2D eigenvalue weighted by Gasteiger charge is -2.39. The summed E-state index contributed by atoms with van der Waals surface area (Å²) in [7, 11) is 0. The number of anilines is 1. The molecule has 0 atom stereocenters. The lowest BCUT2D eigenvalue weighted by Crippen LogP contribution is -2.55. The Hall–Kier alpha value is -2.12. The Bertz CT molecular complexity index is 773. The normalized spacial score (nSPS) is 18.9. The van der Waals surface area contributed by atoms with Crippen LogP contribution in [0, 0.1) is 13.8 Å². The summed E-state index contributed by atoms with van der Waals surface area (Å²) in [4.78, 5) is 33.7. The highest BCUT2D eigenvalue weighted by Crippen LogP contribution is 2.23. The first kappa shape index (κ1) is 23.5. The number of amides is 2. The summed E-state index contributed by atoms with van der Waals surface area (Å²) >= 11 is 0. The molecular formula is C24H39N5O2. The molecule has 2 heterocycles. The van der Waals surface area contributed by atoms with Crippen LogP contribution in [-0.2, 0) is 9.59 Å². The van der Waals surface area contributed by atoms with E-state index in [1.165, 1.54) is 16.8 Å². The number of piperazine rings is 2. The van der Waals surface area contributed by atoms with Crippen LogP contribution in [0.4, 0.5) is 5.69 Å². The van der Waals surface area contributed by atoms with E-state index < -0.39 is 0 Å². The van der Waals surface area contributed by atoms with Crippen LogP contribution in [0.3, 0.4) is 0 Å². The third kappa shape index (κ3) is 6.68. The van der Waals surface area contributed by atoms with E-state index in [1.54, 1.807) is 0 Å². The highest BCUT2D eigenvalue weighted by atomic mass is 16.2. The van der Waals surface area contributed by atoms with Gasteiger partial charge in [-0.1, -0.05) is 12.1 Å². The fraction of sp³-hybridized carbons (Fsp3) is 0.667. The second-order valence-corrected chi connectivity index (χ2v) is 9.94. The van der Waals surface area contributed by atoms with E-state index in [0.29, 0.717) is 26.2 Å². The summed E-state index contributed by atoms with van der Waals surface area (Å²) in [5, 5.41) is 3.00. The zero-order valence-electron chi connectivity index (χ0n) is 19.9. The number of rotatable bonds is 5. The van der Waals surface area contributed by atoms with Crippen LogP contribution >= 0.6 is 0 Å². The van der Waals surface area contributed by atoms with Crippen molar-refractivity contribution in [3.05, 3.63) is 29.3 Å². The van der Waals surface area contributed by atoms with Crippen molar-refractivity contribution in [3.63, 3.8) is 0 Å². The molecule has 0 unspecified atom stereocenters. The molecule has 0 saturated carbocycles. The molecule has 1 N–H and O–H groups in total. The lowest BCUT2D eigenvalue weighted by atomic mass is 10.1. The van der Waals surface area contributed by atoms with Crippen molar-refractivity contribution in [2.24, 2.45) is 0 Å². The number of nitrogens with zero attached hydrogens (tertiary/aromatic N) is 4. The number of nitrogens with one attached hydrogen (secondary N) is 1. The number of hydrogen-bond acceptors (Lipinski definition) is 5. The summed E-state index contributed by atoms with van der Waals surface area (Å²) in [6, 6.07) is 6.48. The monoisotopic (exact) mass is 429 g/mol. The van der Waals surface area contributed by atoms with E-state index in [4.69, 9.17) is 0 Å². The third-order valence-corrected chi connectivity index (χ3v) is 6.25. The van der Waals surface area contributed by atoms with Gasteiger partial charge in [-0.05, 0) is 51.8 Å². The van der Waals surface area contributed by atoms with Gasteiger partial charge in [0, 0.05) is 63.6 Å². The minimum atomic E-state index is -0.211. The van der Waals surface area contributed by atoms with Gasteiger partial charge in [0.2, 0.25) is 11.8 Å². The average molecular weight is 430 g/mol. The average Bonchev–Trinajstić information content (AvgIpc) is 2.70. The number of carbonyl (C=O) groups excluding carboxylic acids is 2. The van der Waals surface area contributed by atoms with Crippen molar-refractivity contribution in [1.82, 2.24) is 20.0 Å². The molecule has 2 saturated heterocycles. The van der Waals surface area contributed by atoms with Crippen LogP contribution in [0.1, 0.15) is 31.9 Å². The molecule has 0 bridgehead atoms. The van der Waals surface area contributed by atoms with Gasteiger partial charge in [-0.25, -0.2) is 0 Å². The second kappa shape index (κ2) is 10.0. The van der Waals surface area contributed by atoms with Crippen molar-refractivity contribution in [2.45, 2.75) is 40.2 Å². The summed E-state index contributed by atoms with van der Waals surface area (Å²) in [6.45, 7) is 17.8. The Labute approximate surface area is 187 Å². The fourth-order valence-corrected chi connectivity index (χ4v) is 4.33. The highest BCUT2D eigenvalue weighted by molar-refractivity contribution is 5.79. The van der Waals surface area contributed by atoms with E-state index in [1.807, 2.05) is 25.7 Å². The van der Waals surface area contributed by atoms with Crippen molar-refractivity contribution in [1.29, 1.82) is 0 Å². The van der Waals surface area contributed by atoms with Gasteiger partial charge >= 0.3 is 0 Å². The molecule has 2 fully saturated rings. The molecule has 1 aromatic rings. The molecule has 2 amide bonds. The first-order valence-electron chi connectivity index (χ1n) is 11.5. The minimum Gasteiger partial charge on any atom is -0.369 e. The van der Waals surface area contributed by atoms with Gasteiger partial charge in [0.05, 0.1) is 13.1 Å². The van der Waals surface area contributed by atoms with Gasteiger partial charge in [-0.3, -0.25) is 19.4 Å². The molecule has 0 radical (unpaired) electrons. The Kier molecular flexibility index (Phi) is 7.59. The Balaban J connectivity index is 1.40. The molecule has 31 heavy (non-hydrogen) atoms. The molecular weight excluding hydrogens is 390 g/mol. The van der Waals surface area contributed by atoms with Crippen LogP contribution in [0.25, 0.3) is 0 Å². The van der Waals surface area contributed by atoms with Gasteiger partial charge in [0.1, 0.15) is 0 Å². The number of aryl methyl sites for hydroxylation is 1. The Morgan fingerprint density at radius 3 is 2.06 bits per heavy atom. The van der Waals surface area contributed by atoms with Gasteiger partial charge in [0.25, 0.3) is 0 Å². The minimum absolute atomic E-state index is 0.0500. The SMILES string of the molecule is Cc1cccc(N2CCN(CC(=O)N3CCN(CC(=O)NC(C)(C)C)CC3)CC2)c1C. The van der Waals surface area contributed by atoms with Crippen molar-refractivity contribution >= 4 is 17.5 Å². The molecule has 0 spiro atoms. The predicted molar refractivity (Wildman–Crippen MR) is 125 cm³/mol. The van der Waals surface area contributed by atoms with Crippen LogP contribution < -0.4 is 10.2 Å². The molecule has 0 aliphatic carbocycles. The maximum absolute atomic E-state index is 12.8. The van der Waals surface area contributed by atoms with Crippen LogP contribution in [0.5, 0.6) is 0 Å².